The van der Waals surface area contributed by atoms with Gasteiger partial charge in [-0.3, -0.25) is 19.1 Å². The highest BCUT2D eigenvalue weighted by Crippen LogP contribution is 2.53. The summed E-state index contributed by atoms with van der Waals surface area (Å²) in [5.41, 5.74) is 8.86. The Morgan fingerprint density at radius 2 is 1.82 bits per heavy atom. The minimum Gasteiger partial charge on any atom is -0.375 e. The average molecular weight is 557 g/mol. The number of nitrogens with zero attached hydrogens (tertiary/aromatic N) is 3. The van der Waals surface area contributed by atoms with E-state index >= 15 is 0 Å². The molecule has 2 N–H and O–H groups in total. The number of methoxy groups -OCH3 is 1. The molecule has 4 unspecified atom stereocenters. The SMILES string of the molecule is COCC(=O)N1C(C(N)=O)C(c2ccc(C(C)(C)C)cc2)C(C(=O)c2cccs2)C1c1c(C)nn(C)c1Cl. The summed E-state index contributed by atoms with van der Waals surface area (Å²) in [4.78, 5) is 42.9. The Kier molecular flexibility index (Phi) is 7.84. The van der Waals surface area contributed by atoms with Crippen molar-refractivity contribution in [1.29, 1.82) is 0 Å². The zero-order valence-electron chi connectivity index (χ0n) is 22.4. The number of rotatable bonds is 7. The summed E-state index contributed by atoms with van der Waals surface area (Å²) in [7, 11) is 3.10. The van der Waals surface area contributed by atoms with Crippen molar-refractivity contribution in [3.63, 3.8) is 0 Å². The Morgan fingerprint density at radius 3 is 2.29 bits per heavy atom. The molecule has 1 aromatic carbocycles. The molecule has 3 aromatic rings. The lowest BCUT2D eigenvalue weighted by atomic mass is 9.76. The first kappa shape index (κ1) is 28.0. The van der Waals surface area contributed by atoms with E-state index in [-0.39, 0.29) is 17.8 Å². The van der Waals surface area contributed by atoms with Gasteiger partial charge >= 0.3 is 0 Å². The van der Waals surface area contributed by atoms with Crippen molar-refractivity contribution in [3.05, 3.63) is 74.2 Å². The number of likely N-dealkylation sites (tertiary alicyclic amines) is 1. The lowest BCUT2D eigenvalue weighted by Crippen LogP contribution is -2.48. The Morgan fingerprint density at radius 1 is 1.16 bits per heavy atom. The quantitative estimate of drug-likeness (QED) is 0.434. The van der Waals surface area contributed by atoms with Crippen LogP contribution in [0.5, 0.6) is 0 Å². The van der Waals surface area contributed by atoms with Gasteiger partial charge in [0.25, 0.3) is 0 Å². The van der Waals surface area contributed by atoms with E-state index in [0.717, 1.165) is 11.1 Å². The third-order valence-electron chi connectivity index (χ3n) is 7.23. The van der Waals surface area contributed by atoms with Gasteiger partial charge < -0.3 is 15.4 Å². The third kappa shape index (κ3) is 4.90. The van der Waals surface area contributed by atoms with Crippen LogP contribution in [-0.2, 0) is 26.8 Å². The standard InChI is InChI=1S/C28H33ClN4O4S/c1-15-20(26(29)32(5)31-15)23-22(25(35)18-8-7-13-38-18)21(16-9-11-17(12-10-16)28(2,3)4)24(27(30)36)33(23)19(34)14-37-6/h7-13,21-24H,14H2,1-6H3,(H2,30,36). The Bertz CT molecular complexity index is 1340. The van der Waals surface area contributed by atoms with E-state index in [9.17, 15) is 14.4 Å². The molecular weight excluding hydrogens is 524 g/mol. The van der Waals surface area contributed by atoms with Crippen LogP contribution < -0.4 is 5.73 Å². The summed E-state index contributed by atoms with van der Waals surface area (Å²) in [5.74, 6) is -2.90. The number of ether oxygens (including phenoxy) is 1. The predicted molar refractivity (Wildman–Crippen MR) is 147 cm³/mol. The number of halogens is 1. The van der Waals surface area contributed by atoms with E-state index in [1.807, 2.05) is 29.6 Å². The molecule has 1 fully saturated rings. The van der Waals surface area contributed by atoms with Crippen molar-refractivity contribution in [2.45, 2.75) is 51.1 Å². The molecule has 0 bridgehead atoms. The van der Waals surface area contributed by atoms with Gasteiger partial charge in [0.2, 0.25) is 11.8 Å². The molecule has 8 nitrogen and oxygen atoms in total. The van der Waals surface area contributed by atoms with Crippen molar-refractivity contribution >= 4 is 40.5 Å². The van der Waals surface area contributed by atoms with Crippen LogP contribution in [0.4, 0.5) is 0 Å². The van der Waals surface area contributed by atoms with Crippen molar-refractivity contribution < 1.29 is 19.1 Å². The number of aryl methyl sites for hydroxylation is 2. The first-order valence-electron chi connectivity index (χ1n) is 12.3. The number of hydrogen-bond acceptors (Lipinski definition) is 6. The second kappa shape index (κ2) is 10.6. The Balaban J connectivity index is 2.01. The van der Waals surface area contributed by atoms with Gasteiger partial charge in [-0.15, -0.1) is 11.3 Å². The summed E-state index contributed by atoms with van der Waals surface area (Å²) in [6.07, 6.45) is 0. The van der Waals surface area contributed by atoms with Crippen LogP contribution in [-0.4, -0.2) is 52.0 Å². The van der Waals surface area contributed by atoms with Crippen LogP contribution in [0.3, 0.4) is 0 Å². The van der Waals surface area contributed by atoms with E-state index in [4.69, 9.17) is 22.1 Å². The van der Waals surface area contributed by atoms with E-state index in [1.165, 1.54) is 28.0 Å². The summed E-state index contributed by atoms with van der Waals surface area (Å²) in [6, 6.07) is 9.42. The van der Waals surface area contributed by atoms with E-state index in [0.29, 0.717) is 21.3 Å². The highest BCUT2D eigenvalue weighted by Gasteiger charge is 2.58. The first-order chi connectivity index (χ1) is 17.9. The van der Waals surface area contributed by atoms with Crippen molar-refractivity contribution in [2.24, 2.45) is 18.7 Å². The molecule has 0 spiro atoms. The number of hydrogen-bond donors (Lipinski definition) is 1. The monoisotopic (exact) mass is 556 g/mol. The van der Waals surface area contributed by atoms with Crippen LogP contribution in [0.25, 0.3) is 0 Å². The topological polar surface area (TPSA) is 108 Å². The molecule has 3 heterocycles. The lowest BCUT2D eigenvalue weighted by Gasteiger charge is -2.30. The molecule has 0 radical (unpaired) electrons. The number of thiophene rings is 1. The van der Waals surface area contributed by atoms with Crippen molar-refractivity contribution in [2.75, 3.05) is 13.7 Å². The van der Waals surface area contributed by atoms with E-state index < -0.39 is 35.7 Å². The van der Waals surface area contributed by atoms with Crippen LogP contribution in [0.1, 0.15) is 64.8 Å². The molecule has 38 heavy (non-hydrogen) atoms. The van der Waals surface area contributed by atoms with Crippen LogP contribution in [0, 0.1) is 12.8 Å². The van der Waals surface area contributed by atoms with Gasteiger partial charge in [-0.1, -0.05) is 62.7 Å². The number of nitrogens with two attached hydrogens (primary N) is 1. The molecule has 1 aliphatic heterocycles. The smallest absolute Gasteiger partial charge is 0.249 e. The number of primary amides is 1. The number of amides is 2. The maximum absolute atomic E-state index is 14.2. The van der Waals surface area contributed by atoms with Crippen molar-refractivity contribution in [3.8, 4) is 0 Å². The summed E-state index contributed by atoms with van der Waals surface area (Å²) >= 11 is 8.05. The molecule has 0 aliphatic carbocycles. The third-order valence-corrected chi connectivity index (χ3v) is 8.57. The van der Waals surface area contributed by atoms with Gasteiger partial charge in [-0.25, -0.2) is 0 Å². The molecule has 4 rings (SSSR count). The van der Waals surface area contributed by atoms with Gasteiger partial charge in [-0.2, -0.15) is 5.10 Å². The van der Waals surface area contributed by atoms with Crippen molar-refractivity contribution in [1.82, 2.24) is 14.7 Å². The molecular formula is C28H33ClN4O4S. The summed E-state index contributed by atoms with van der Waals surface area (Å²) in [6.45, 7) is 7.83. The fraction of sp³-hybridized carbons (Fsp3) is 0.429. The minimum absolute atomic E-state index is 0.0904. The van der Waals surface area contributed by atoms with Crippen LogP contribution >= 0.6 is 22.9 Å². The van der Waals surface area contributed by atoms with Gasteiger partial charge in [0.05, 0.1) is 22.5 Å². The molecule has 2 amide bonds. The maximum atomic E-state index is 14.2. The Hall–Kier alpha value is -3.01. The van der Waals surface area contributed by atoms with Gasteiger partial charge in [0.15, 0.2) is 5.78 Å². The summed E-state index contributed by atoms with van der Waals surface area (Å²) in [5, 5.41) is 6.56. The largest absolute Gasteiger partial charge is 0.375 e. The Labute approximate surface area is 231 Å². The highest BCUT2D eigenvalue weighted by molar-refractivity contribution is 7.12. The van der Waals surface area contributed by atoms with E-state index in [1.54, 1.807) is 26.1 Å². The fourth-order valence-corrected chi connectivity index (χ4v) is 6.52. The normalized spacial score (nSPS) is 21.6. The maximum Gasteiger partial charge on any atom is 0.249 e. The average Bonchev–Trinajstić information content (AvgIpc) is 3.55. The first-order valence-corrected chi connectivity index (χ1v) is 13.6. The van der Waals surface area contributed by atoms with Gasteiger partial charge in [0, 0.05) is 25.6 Å². The number of aromatic nitrogens is 2. The van der Waals surface area contributed by atoms with Crippen LogP contribution in [0.15, 0.2) is 41.8 Å². The molecule has 4 atom stereocenters. The lowest BCUT2D eigenvalue weighted by molar-refractivity contribution is -0.143. The number of ketones is 1. The second-order valence-electron chi connectivity index (χ2n) is 10.7. The van der Waals surface area contributed by atoms with Gasteiger partial charge in [-0.05, 0) is 34.9 Å². The number of Topliss-reactive ketones (excluding diaryl/α,β-unsaturated/α-hetero) is 1. The predicted octanol–water partition coefficient (Wildman–Crippen LogP) is 4.41. The fourth-order valence-electron chi connectivity index (χ4n) is 5.52. The number of carbonyl (C=O) groups is 3. The van der Waals surface area contributed by atoms with E-state index in [2.05, 4.69) is 25.9 Å². The molecule has 202 valence electrons. The zero-order chi connectivity index (χ0) is 27.9. The second-order valence-corrected chi connectivity index (χ2v) is 12.0. The molecule has 1 aliphatic rings. The minimum atomic E-state index is -1.10. The molecule has 0 saturated carbocycles. The zero-order valence-corrected chi connectivity index (χ0v) is 24.0. The number of benzene rings is 1. The summed E-state index contributed by atoms with van der Waals surface area (Å²) < 4.78 is 6.68. The molecule has 2 aromatic heterocycles. The molecule has 10 heteroatoms. The van der Waals surface area contributed by atoms with Gasteiger partial charge in [0.1, 0.15) is 17.8 Å². The highest BCUT2D eigenvalue weighted by atomic mass is 35.5. The molecule has 1 saturated heterocycles. The number of carbonyl (C=O) groups excluding carboxylic acids is 3. The van der Waals surface area contributed by atoms with Crippen LogP contribution in [0.2, 0.25) is 5.15 Å².